The largest absolute Gasteiger partial charge is 0.493 e. The second-order valence-electron chi connectivity index (χ2n) is 7.72. The highest BCUT2D eigenvalue weighted by atomic mass is 16.5. The number of nitrogens with zero attached hydrogens (tertiary/aromatic N) is 1. The lowest BCUT2D eigenvalue weighted by atomic mass is 10.0. The SMILES string of the molecule is COc1cccc(CN(C)C(=O)c2ccc3[nH]c4c(c3c2)CCCCC4)c1OC. The molecule has 0 aliphatic heterocycles. The number of amides is 1. The Bertz CT molecular complexity index is 1040. The van der Waals surface area contributed by atoms with Crippen LogP contribution < -0.4 is 9.47 Å². The van der Waals surface area contributed by atoms with E-state index < -0.39 is 0 Å². The van der Waals surface area contributed by atoms with Gasteiger partial charge in [0.05, 0.1) is 14.2 Å². The molecule has 0 saturated carbocycles. The van der Waals surface area contributed by atoms with Crippen molar-refractivity contribution in [3.8, 4) is 11.5 Å². The van der Waals surface area contributed by atoms with Crippen molar-refractivity contribution in [1.82, 2.24) is 9.88 Å². The van der Waals surface area contributed by atoms with Crippen molar-refractivity contribution in [2.75, 3.05) is 21.3 Å². The van der Waals surface area contributed by atoms with Crippen molar-refractivity contribution in [2.24, 2.45) is 0 Å². The molecule has 152 valence electrons. The number of hydrogen-bond donors (Lipinski definition) is 1. The summed E-state index contributed by atoms with van der Waals surface area (Å²) in [5.74, 6) is 1.34. The molecule has 0 unspecified atom stereocenters. The molecular weight excluding hydrogens is 364 g/mol. The van der Waals surface area contributed by atoms with Gasteiger partial charge in [-0.1, -0.05) is 18.6 Å². The molecule has 5 heteroatoms. The average molecular weight is 392 g/mol. The van der Waals surface area contributed by atoms with Gasteiger partial charge < -0.3 is 19.4 Å². The predicted molar refractivity (Wildman–Crippen MR) is 115 cm³/mol. The van der Waals surface area contributed by atoms with Gasteiger partial charge in [-0.05, 0) is 55.5 Å². The number of nitrogens with one attached hydrogen (secondary N) is 1. The Morgan fingerprint density at radius 3 is 2.69 bits per heavy atom. The van der Waals surface area contributed by atoms with Crippen molar-refractivity contribution in [3.05, 3.63) is 58.8 Å². The topological polar surface area (TPSA) is 54.6 Å². The number of para-hydroxylation sites is 1. The van der Waals surface area contributed by atoms with E-state index in [1.807, 2.05) is 37.4 Å². The quantitative estimate of drug-likeness (QED) is 0.639. The third kappa shape index (κ3) is 3.69. The highest BCUT2D eigenvalue weighted by molar-refractivity contribution is 5.99. The first-order chi connectivity index (χ1) is 14.1. The first-order valence-corrected chi connectivity index (χ1v) is 10.2. The summed E-state index contributed by atoms with van der Waals surface area (Å²) in [5.41, 5.74) is 5.50. The molecule has 0 bridgehead atoms. The summed E-state index contributed by atoms with van der Waals surface area (Å²) >= 11 is 0. The number of hydrogen-bond acceptors (Lipinski definition) is 3. The first-order valence-electron chi connectivity index (χ1n) is 10.2. The number of methoxy groups -OCH3 is 2. The minimum atomic E-state index is 0.000319. The zero-order chi connectivity index (χ0) is 20.4. The molecule has 0 atom stereocenters. The molecular formula is C24H28N2O3. The number of fused-ring (bicyclic) bond motifs is 3. The first kappa shape index (κ1) is 19.4. The number of carbonyl (C=O) groups is 1. The fourth-order valence-corrected chi connectivity index (χ4v) is 4.34. The van der Waals surface area contributed by atoms with Gasteiger partial charge >= 0.3 is 0 Å². The normalized spacial score (nSPS) is 13.6. The van der Waals surface area contributed by atoms with Crippen molar-refractivity contribution < 1.29 is 14.3 Å². The van der Waals surface area contributed by atoms with Gasteiger partial charge in [-0.25, -0.2) is 0 Å². The molecule has 2 aromatic carbocycles. The van der Waals surface area contributed by atoms with Crippen LogP contribution in [0.15, 0.2) is 36.4 Å². The molecule has 1 N–H and O–H groups in total. The van der Waals surface area contributed by atoms with E-state index in [0.29, 0.717) is 23.6 Å². The Kier molecular flexibility index (Phi) is 5.47. The van der Waals surface area contributed by atoms with Crippen LogP contribution in [0.25, 0.3) is 10.9 Å². The van der Waals surface area contributed by atoms with Crippen LogP contribution in [0.3, 0.4) is 0 Å². The van der Waals surface area contributed by atoms with Gasteiger partial charge in [0, 0.05) is 41.3 Å². The smallest absolute Gasteiger partial charge is 0.253 e. The number of carbonyl (C=O) groups excluding carboxylic acids is 1. The molecule has 4 rings (SSSR count). The van der Waals surface area contributed by atoms with Crippen LogP contribution in [0.2, 0.25) is 0 Å². The molecule has 5 nitrogen and oxygen atoms in total. The van der Waals surface area contributed by atoms with Gasteiger partial charge in [0.15, 0.2) is 11.5 Å². The molecule has 3 aromatic rings. The van der Waals surface area contributed by atoms with Crippen molar-refractivity contribution in [2.45, 2.75) is 38.6 Å². The van der Waals surface area contributed by atoms with Crippen LogP contribution in [0.5, 0.6) is 11.5 Å². The molecule has 29 heavy (non-hydrogen) atoms. The lowest BCUT2D eigenvalue weighted by Crippen LogP contribution is -2.26. The molecule has 1 aliphatic carbocycles. The molecule has 0 spiro atoms. The van der Waals surface area contributed by atoms with Gasteiger partial charge in [0.1, 0.15) is 0 Å². The minimum Gasteiger partial charge on any atom is -0.493 e. The van der Waals surface area contributed by atoms with Crippen molar-refractivity contribution >= 4 is 16.8 Å². The number of aryl methyl sites for hydroxylation is 2. The highest BCUT2D eigenvalue weighted by Gasteiger charge is 2.19. The van der Waals surface area contributed by atoms with Crippen LogP contribution >= 0.6 is 0 Å². The van der Waals surface area contributed by atoms with Crippen LogP contribution in [0, 0.1) is 0 Å². The Labute approximate surface area is 171 Å². The molecule has 0 fully saturated rings. The summed E-state index contributed by atoms with van der Waals surface area (Å²) < 4.78 is 10.9. The van der Waals surface area contributed by atoms with E-state index in [-0.39, 0.29) is 5.91 Å². The molecule has 1 heterocycles. The summed E-state index contributed by atoms with van der Waals surface area (Å²) in [5, 5.41) is 1.19. The Morgan fingerprint density at radius 1 is 1.07 bits per heavy atom. The van der Waals surface area contributed by atoms with E-state index in [4.69, 9.17) is 9.47 Å². The lowest BCUT2D eigenvalue weighted by Gasteiger charge is -2.20. The van der Waals surface area contributed by atoms with Crippen LogP contribution in [0.4, 0.5) is 0 Å². The molecule has 1 aromatic heterocycles. The van der Waals surface area contributed by atoms with E-state index in [1.165, 1.54) is 35.9 Å². The second-order valence-corrected chi connectivity index (χ2v) is 7.72. The minimum absolute atomic E-state index is 0.000319. The standard InChI is InChI=1S/C24H28N2O3/c1-26(15-17-8-7-11-22(28-2)23(17)29-3)24(27)16-12-13-21-19(14-16)18-9-5-4-6-10-20(18)25-21/h7-8,11-14,25H,4-6,9-10,15H2,1-3H3. The maximum atomic E-state index is 13.1. The van der Waals surface area contributed by atoms with Crippen LogP contribution in [0.1, 0.15) is 46.4 Å². The summed E-state index contributed by atoms with van der Waals surface area (Å²) in [6, 6.07) is 11.7. The van der Waals surface area contributed by atoms with E-state index in [9.17, 15) is 4.79 Å². The summed E-state index contributed by atoms with van der Waals surface area (Å²) in [6.45, 7) is 0.447. The number of benzene rings is 2. The highest BCUT2D eigenvalue weighted by Crippen LogP contribution is 2.32. The summed E-state index contributed by atoms with van der Waals surface area (Å²) in [7, 11) is 5.06. The number of aromatic amines is 1. The maximum Gasteiger partial charge on any atom is 0.253 e. The average Bonchev–Trinajstić information content (AvgIpc) is 2.92. The molecule has 0 saturated heterocycles. The van der Waals surface area contributed by atoms with Crippen LogP contribution in [-0.2, 0) is 19.4 Å². The van der Waals surface area contributed by atoms with Crippen LogP contribution in [-0.4, -0.2) is 37.1 Å². The fraction of sp³-hybridized carbons (Fsp3) is 0.375. The number of H-pyrrole nitrogens is 1. The number of rotatable bonds is 5. The zero-order valence-electron chi connectivity index (χ0n) is 17.4. The maximum absolute atomic E-state index is 13.1. The molecule has 1 amide bonds. The predicted octanol–water partition coefficient (Wildman–Crippen LogP) is 4.73. The van der Waals surface area contributed by atoms with Gasteiger partial charge in [0.25, 0.3) is 5.91 Å². The van der Waals surface area contributed by atoms with Gasteiger partial charge in [0.2, 0.25) is 0 Å². The third-order valence-corrected chi connectivity index (χ3v) is 5.83. The fourth-order valence-electron chi connectivity index (χ4n) is 4.34. The monoisotopic (exact) mass is 392 g/mol. The van der Waals surface area contributed by atoms with E-state index in [1.54, 1.807) is 19.1 Å². The Balaban J connectivity index is 1.61. The number of ether oxygens (including phenoxy) is 2. The third-order valence-electron chi connectivity index (χ3n) is 5.83. The summed E-state index contributed by atoms with van der Waals surface area (Å²) in [4.78, 5) is 18.4. The van der Waals surface area contributed by atoms with Gasteiger partial charge in [-0.15, -0.1) is 0 Å². The van der Waals surface area contributed by atoms with E-state index in [0.717, 1.165) is 23.9 Å². The zero-order valence-corrected chi connectivity index (χ0v) is 17.4. The lowest BCUT2D eigenvalue weighted by molar-refractivity contribution is 0.0784. The Morgan fingerprint density at radius 2 is 1.90 bits per heavy atom. The van der Waals surface area contributed by atoms with E-state index in [2.05, 4.69) is 11.1 Å². The summed E-state index contributed by atoms with van der Waals surface area (Å²) in [6.07, 6.45) is 5.91. The second kappa shape index (κ2) is 8.19. The van der Waals surface area contributed by atoms with Gasteiger partial charge in [-0.2, -0.15) is 0 Å². The van der Waals surface area contributed by atoms with Gasteiger partial charge in [-0.3, -0.25) is 4.79 Å². The number of aromatic nitrogens is 1. The molecule has 0 radical (unpaired) electrons. The molecule has 1 aliphatic rings. The Hall–Kier alpha value is -2.95. The van der Waals surface area contributed by atoms with Crippen molar-refractivity contribution in [1.29, 1.82) is 0 Å². The van der Waals surface area contributed by atoms with Crippen molar-refractivity contribution in [3.63, 3.8) is 0 Å². The van der Waals surface area contributed by atoms with E-state index >= 15 is 0 Å².